The molecule has 0 aromatic heterocycles. The molecule has 0 amide bonds. The lowest BCUT2D eigenvalue weighted by Gasteiger charge is -2.24. The molecule has 0 saturated carbocycles. The third kappa shape index (κ3) is 6.78. The molecule has 43 heavy (non-hydrogen) atoms. The van der Waals surface area contributed by atoms with E-state index in [2.05, 4.69) is 21.9 Å². The molecule has 2 heterocycles. The standard InChI is InChI=1S/C35H37Cl2FN2O3/c36-26-8-12-31(33(37)20-26)32-4-1-3-24-19-25(35(41)42)7-11-30(24)34(32)23-5-9-28(10-6-23)43-29-14-18-40(22-29)27-13-17-39(21-27)16-2-15-38/h5-12,19-20,27,29H,1-4,13-18,21-22H2,(H,41,42)/t27?,29-/m0/s1. The first-order valence-electron chi connectivity index (χ1n) is 15.2. The highest BCUT2D eigenvalue weighted by molar-refractivity contribution is 6.36. The number of halogens is 3. The number of carboxylic acids is 1. The molecule has 0 radical (unpaired) electrons. The second kappa shape index (κ2) is 13.4. The van der Waals surface area contributed by atoms with Crippen LogP contribution in [0.3, 0.4) is 0 Å². The van der Waals surface area contributed by atoms with Crippen molar-refractivity contribution in [1.82, 2.24) is 9.80 Å². The molecule has 3 aromatic rings. The van der Waals surface area contributed by atoms with E-state index in [1.807, 2.05) is 30.3 Å². The zero-order valence-electron chi connectivity index (χ0n) is 24.2. The van der Waals surface area contributed by atoms with Crippen LogP contribution in [0.4, 0.5) is 4.39 Å². The third-order valence-corrected chi connectivity index (χ3v) is 9.59. The second-order valence-electron chi connectivity index (χ2n) is 11.8. The second-order valence-corrected chi connectivity index (χ2v) is 12.7. The molecule has 0 bridgehead atoms. The number of rotatable bonds is 9. The van der Waals surface area contributed by atoms with Gasteiger partial charge in [-0.3, -0.25) is 9.29 Å². The lowest BCUT2D eigenvalue weighted by molar-refractivity contribution is 0.0696. The van der Waals surface area contributed by atoms with E-state index in [9.17, 15) is 14.3 Å². The Bertz CT molecular complexity index is 1510. The smallest absolute Gasteiger partial charge is 0.335 e. The van der Waals surface area contributed by atoms with Crippen molar-refractivity contribution >= 4 is 40.3 Å². The summed E-state index contributed by atoms with van der Waals surface area (Å²) in [6.45, 7) is 4.61. The lowest BCUT2D eigenvalue weighted by Crippen LogP contribution is -2.37. The van der Waals surface area contributed by atoms with Gasteiger partial charge in [-0.25, -0.2) is 4.79 Å². The van der Waals surface area contributed by atoms with E-state index in [-0.39, 0.29) is 12.8 Å². The van der Waals surface area contributed by atoms with Crippen molar-refractivity contribution < 1.29 is 19.0 Å². The summed E-state index contributed by atoms with van der Waals surface area (Å²) in [5.74, 6) is -0.0825. The lowest BCUT2D eigenvalue weighted by atomic mass is 9.87. The number of nitrogens with zero attached hydrogens (tertiary/aromatic N) is 2. The number of carbonyl (C=O) groups is 1. The van der Waals surface area contributed by atoms with Gasteiger partial charge in [0.25, 0.3) is 0 Å². The maximum atomic E-state index is 12.6. The van der Waals surface area contributed by atoms with E-state index in [0.29, 0.717) is 28.1 Å². The van der Waals surface area contributed by atoms with Crippen molar-refractivity contribution in [3.8, 4) is 5.75 Å². The molecule has 5 nitrogen and oxygen atoms in total. The average molecular weight is 624 g/mol. The number of benzene rings is 3. The highest BCUT2D eigenvalue weighted by Gasteiger charge is 2.33. The van der Waals surface area contributed by atoms with Crippen LogP contribution in [0, 0.1) is 0 Å². The average Bonchev–Trinajstić information content (AvgIpc) is 3.62. The van der Waals surface area contributed by atoms with Crippen LogP contribution in [0.15, 0.2) is 60.7 Å². The molecule has 226 valence electrons. The number of carboxylic acid groups (broad SMARTS) is 1. The van der Waals surface area contributed by atoms with E-state index >= 15 is 0 Å². The monoisotopic (exact) mass is 622 g/mol. The van der Waals surface area contributed by atoms with Gasteiger partial charge in [-0.05, 0) is 115 Å². The Balaban J connectivity index is 1.24. The predicted octanol–water partition coefficient (Wildman–Crippen LogP) is 7.87. The van der Waals surface area contributed by atoms with Crippen LogP contribution >= 0.6 is 23.2 Å². The first-order valence-corrected chi connectivity index (χ1v) is 16.0. The van der Waals surface area contributed by atoms with E-state index in [1.54, 1.807) is 18.2 Å². The van der Waals surface area contributed by atoms with Crippen LogP contribution in [-0.2, 0) is 6.42 Å². The molecule has 3 aromatic carbocycles. The summed E-state index contributed by atoms with van der Waals surface area (Å²) in [5.41, 5.74) is 6.51. The highest BCUT2D eigenvalue weighted by Crippen LogP contribution is 2.43. The van der Waals surface area contributed by atoms with Gasteiger partial charge in [0.1, 0.15) is 11.9 Å². The number of aryl methyl sites for hydroxylation is 1. The van der Waals surface area contributed by atoms with Crippen molar-refractivity contribution in [3.63, 3.8) is 0 Å². The molecule has 2 saturated heterocycles. The normalized spacial score (nSPS) is 21.2. The molecule has 8 heteroatoms. The van der Waals surface area contributed by atoms with E-state index in [4.69, 9.17) is 27.9 Å². The van der Waals surface area contributed by atoms with Gasteiger partial charge >= 0.3 is 5.97 Å². The fraction of sp³-hybridized carbons (Fsp3) is 0.400. The van der Waals surface area contributed by atoms with Gasteiger partial charge in [0.15, 0.2) is 0 Å². The van der Waals surface area contributed by atoms with Gasteiger partial charge in [0, 0.05) is 42.3 Å². The predicted molar refractivity (Wildman–Crippen MR) is 171 cm³/mol. The summed E-state index contributed by atoms with van der Waals surface area (Å²) < 4.78 is 19.1. The Morgan fingerprint density at radius 1 is 0.953 bits per heavy atom. The molecule has 1 N–H and O–H groups in total. The van der Waals surface area contributed by atoms with Crippen molar-refractivity contribution in [2.45, 2.75) is 50.7 Å². The maximum absolute atomic E-state index is 12.6. The molecule has 0 spiro atoms. The number of likely N-dealkylation sites (tertiary alicyclic amines) is 2. The molecule has 1 unspecified atom stereocenters. The Morgan fingerprint density at radius 3 is 2.53 bits per heavy atom. The Labute approximate surface area is 262 Å². The third-order valence-electron chi connectivity index (χ3n) is 9.05. The Hall–Kier alpha value is -2.90. The van der Waals surface area contributed by atoms with E-state index in [1.165, 1.54) is 0 Å². The number of ether oxygens (including phenoxy) is 1. The first kappa shape index (κ1) is 30.1. The van der Waals surface area contributed by atoms with Gasteiger partial charge in [-0.1, -0.05) is 47.5 Å². The summed E-state index contributed by atoms with van der Waals surface area (Å²) >= 11 is 13.0. The molecule has 1 aliphatic carbocycles. The summed E-state index contributed by atoms with van der Waals surface area (Å²) in [5, 5.41) is 10.8. The first-order chi connectivity index (χ1) is 20.9. The van der Waals surface area contributed by atoms with Crippen LogP contribution in [0.5, 0.6) is 5.75 Å². The SMILES string of the molecule is O=C(O)c1ccc2c(c1)CCCC(c1ccc(Cl)cc1Cl)=C2c1ccc(O[C@H]2CCN(C3CCN(CCCF)C3)C2)cc1. The van der Waals surface area contributed by atoms with Crippen LogP contribution in [-0.4, -0.2) is 72.4 Å². The van der Waals surface area contributed by atoms with Gasteiger partial charge in [0.2, 0.25) is 0 Å². The molecule has 2 fully saturated rings. The summed E-state index contributed by atoms with van der Waals surface area (Å²) in [6.07, 6.45) is 5.35. The van der Waals surface area contributed by atoms with Crippen LogP contribution in [0.1, 0.15) is 64.7 Å². The fourth-order valence-corrected chi connectivity index (χ4v) is 7.45. The zero-order valence-corrected chi connectivity index (χ0v) is 25.7. The number of alkyl halides is 1. The Kier molecular flexibility index (Phi) is 9.39. The quantitative estimate of drug-likeness (QED) is 0.263. The van der Waals surface area contributed by atoms with Crippen molar-refractivity contribution in [3.05, 3.63) is 98.5 Å². The number of aromatic carboxylic acids is 1. The van der Waals surface area contributed by atoms with Gasteiger partial charge in [-0.2, -0.15) is 0 Å². The number of hydrogen-bond donors (Lipinski definition) is 1. The van der Waals surface area contributed by atoms with Crippen molar-refractivity contribution in [2.24, 2.45) is 0 Å². The topological polar surface area (TPSA) is 53.0 Å². The minimum Gasteiger partial charge on any atom is -0.489 e. The highest BCUT2D eigenvalue weighted by atomic mass is 35.5. The molecular formula is C35H37Cl2FN2O3. The molecular weight excluding hydrogens is 586 g/mol. The molecule has 2 aliphatic heterocycles. The Morgan fingerprint density at radius 2 is 1.77 bits per heavy atom. The van der Waals surface area contributed by atoms with Crippen LogP contribution < -0.4 is 4.74 Å². The largest absolute Gasteiger partial charge is 0.489 e. The van der Waals surface area contributed by atoms with Crippen molar-refractivity contribution in [2.75, 3.05) is 39.4 Å². The maximum Gasteiger partial charge on any atom is 0.335 e. The van der Waals surface area contributed by atoms with Gasteiger partial charge < -0.3 is 14.7 Å². The number of allylic oxidation sites excluding steroid dienone is 1. The summed E-state index contributed by atoms with van der Waals surface area (Å²) in [4.78, 5) is 16.7. The summed E-state index contributed by atoms with van der Waals surface area (Å²) in [6, 6.07) is 19.8. The molecule has 6 rings (SSSR count). The summed E-state index contributed by atoms with van der Waals surface area (Å²) in [7, 11) is 0. The van der Waals surface area contributed by atoms with Crippen LogP contribution in [0.2, 0.25) is 10.0 Å². The minimum absolute atomic E-state index is 0.140. The fourth-order valence-electron chi connectivity index (χ4n) is 6.93. The van der Waals surface area contributed by atoms with E-state index in [0.717, 1.165) is 104 Å². The minimum atomic E-state index is -0.924. The zero-order chi connectivity index (χ0) is 29.9. The number of hydrogen-bond acceptors (Lipinski definition) is 4. The van der Waals surface area contributed by atoms with Crippen molar-refractivity contribution in [1.29, 1.82) is 0 Å². The number of fused-ring (bicyclic) bond motifs is 1. The molecule has 3 aliphatic rings. The van der Waals surface area contributed by atoms with Gasteiger partial charge in [0.05, 0.1) is 12.2 Å². The molecule has 2 atom stereocenters. The van der Waals surface area contributed by atoms with E-state index < -0.39 is 5.97 Å². The van der Waals surface area contributed by atoms with Crippen LogP contribution in [0.25, 0.3) is 11.1 Å². The van der Waals surface area contributed by atoms with Gasteiger partial charge in [-0.15, -0.1) is 0 Å².